The number of carbonyl (C=O) groups excluding carboxylic acids is 1. The topological polar surface area (TPSA) is 207 Å². The summed E-state index contributed by atoms with van der Waals surface area (Å²) in [4.78, 5) is 40.5. The minimum absolute atomic E-state index is 0.0860. The molecule has 1 aromatic carbocycles. The van der Waals surface area contributed by atoms with Crippen LogP contribution in [0.2, 0.25) is 5.02 Å². The number of azide groups is 1. The summed E-state index contributed by atoms with van der Waals surface area (Å²) in [6.45, 7) is 3.45. The van der Waals surface area contributed by atoms with Gasteiger partial charge in [0.2, 0.25) is 0 Å². The number of benzene rings is 1. The molecule has 0 saturated heterocycles. The predicted molar refractivity (Wildman–Crippen MR) is 136 cm³/mol. The highest BCUT2D eigenvalue weighted by Crippen LogP contribution is 2.45. The molecule has 3 N–H and O–H groups in total. The van der Waals surface area contributed by atoms with E-state index in [1.54, 1.807) is 6.92 Å². The summed E-state index contributed by atoms with van der Waals surface area (Å²) in [5.41, 5.74) is 7.21. The third kappa shape index (κ3) is 9.62. The fourth-order valence-corrected chi connectivity index (χ4v) is 4.53. The Bertz CT molecular complexity index is 1280. The number of carbonyl (C=O) groups is 1. The number of aliphatic hydroxyl groups is 1. The highest BCUT2D eigenvalue weighted by atomic mass is 35.5. The molecule has 1 heterocycles. The van der Waals surface area contributed by atoms with Gasteiger partial charge in [0.25, 0.3) is 5.56 Å². The number of nitrogens with one attached hydrogen (secondary N) is 2. The Kier molecular flexibility index (Phi) is 12.0. The summed E-state index contributed by atoms with van der Waals surface area (Å²) in [7, 11) is -4.32. The minimum Gasteiger partial charge on any atom is -0.465 e. The third-order valence-electron chi connectivity index (χ3n) is 4.77. The first kappa shape index (κ1) is 31.1. The monoisotopic (exact) mass is 574 g/mol. The number of aromatic nitrogens is 2. The molecule has 0 amide bonds. The molecular formula is C21H28ClN6O9P. The second-order valence-corrected chi connectivity index (χ2v) is 9.87. The number of hydrogen-bond donors (Lipinski definition) is 3. The van der Waals surface area contributed by atoms with E-state index in [9.17, 15) is 24.1 Å². The van der Waals surface area contributed by atoms with Crippen LogP contribution in [-0.4, -0.2) is 58.6 Å². The summed E-state index contributed by atoms with van der Waals surface area (Å²) in [6.07, 6.45) is -2.67. The van der Waals surface area contributed by atoms with Crippen LogP contribution in [0.5, 0.6) is 5.75 Å². The number of nitrogens with zero attached hydrogens (tertiary/aromatic N) is 4. The fourth-order valence-electron chi connectivity index (χ4n) is 2.90. The smallest absolute Gasteiger partial charge is 0.459 e. The molecule has 17 heteroatoms. The van der Waals surface area contributed by atoms with Crippen molar-refractivity contribution < 1.29 is 33.0 Å². The zero-order valence-corrected chi connectivity index (χ0v) is 22.4. The third-order valence-corrected chi connectivity index (χ3v) is 6.67. The van der Waals surface area contributed by atoms with Crippen molar-refractivity contribution in [1.29, 1.82) is 0 Å². The Morgan fingerprint density at radius 2 is 1.97 bits per heavy atom. The number of aliphatic hydroxyl groups excluding tert-OH is 1. The second kappa shape index (κ2) is 14.7. The molecule has 208 valence electrons. The van der Waals surface area contributed by atoms with Crippen LogP contribution in [0.4, 0.5) is 0 Å². The quantitative estimate of drug-likeness (QED) is 0.0930. The largest absolute Gasteiger partial charge is 0.465 e. The van der Waals surface area contributed by atoms with Gasteiger partial charge in [-0.2, -0.15) is 5.09 Å². The van der Waals surface area contributed by atoms with Crippen molar-refractivity contribution in [3.63, 3.8) is 0 Å². The Balaban J connectivity index is 2.30. The van der Waals surface area contributed by atoms with E-state index in [2.05, 4.69) is 15.1 Å². The molecule has 2 rings (SSSR count). The van der Waals surface area contributed by atoms with Gasteiger partial charge >= 0.3 is 19.4 Å². The van der Waals surface area contributed by atoms with Gasteiger partial charge in [-0.1, -0.05) is 16.7 Å². The van der Waals surface area contributed by atoms with E-state index in [0.717, 1.165) is 16.8 Å². The Morgan fingerprint density at radius 1 is 1.29 bits per heavy atom. The van der Waals surface area contributed by atoms with Crippen molar-refractivity contribution in [3.05, 3.63) is 72.8 Å². The van der Waals surface area contributed by atoms with E-state index in [4.69, 9.17) is 35.7 Å². The normalized spacial score (nSPS) is 15.8. The zero-order valence-electron chi connectivity index (χ0n) is 20.7. The summed E-state index contributed by atoms with van der Waals surface area (Å²) in [5.74, 6) is -0.622. The van der Waals surface area contributed by atoms with Crippen LogP contribution < -0.4 is 20.9 Å². The number of esters is 1. The lowest BCUT2D eigenvalue weighted by Gasteiger charge is -2.29. The molecule has 38 heavy (non-hydrogen) atoms. The van der Waals surface area contributed by atoms with Gasteiger partial charge < -0.3 is 19.1 Å². The highest BCUT2D eigenvalue weighted by molar-refractivity contribution is 7.52. The molecular weight excluding hydrogens is 547 g/mol. The van der Waals surface area contributed by atoms with Gasteiger partial charge in [0.05, 0.1) is 25.9 Å². The van der Waals surface area contributed by atoms with Gasteiger partial charge in [-0.25, -0.2) is 9.36 Å². The van der Waals surface area contributed by atoms with Gasteiger partial charge in [0.15, 0.2) is 0 Å². The van der Waals surface area contributed by atoms with E-state index < -0.39 is 62.6 Å². The van der Waals surface area contributed by atoms with Crippen LogP contribution in [-0.2, 0) is 23.4 Å². The van der Waals surface area contributed by atoms with Crippen molar-refractivity contribution in [2.45, 2.75) is 45.2 Å². The van der Waals surface area contributed by atoms with Crippen LogP contribution in [0.15, 0.2) is 51.2 Å². The summed E-state index contributed by atoms with van der Waals surface area (Å²) in [6, 6.07) is 5.76. The molecule has 0 spiro atoms. The lowest BCUT2D eigenvalue weighted by molar-refractivity contribution is -0.144. The zero-order chi connectivity index (χ0) is 28.3. The minimum atomic E-state index is -4.32. The Morgan fingerprint density at radius 3 is 2.55 bits per heavy atom. The van der Waals surface area contributed by atoms with E-state index in [1.807, 2.05) is 4.98 Å². The number of rotatable bonds is 15. The highest BCUT2D eigenvalue weighted by Gasteiger charge is 2.34. The number of H-pyrrole nitrogens is 1. The van der Waals surface area contributed by atoms with E-state index in [0.29, 0.717) is 5.02 Å². The maximum atomic E-state index is 13.6. The van der Waals surface area contributed by atoms with Crippen molar-refractivity contribution in [3.8, 4) is 5.75 Å². The van der Waals surface area contributed by atoms with Crippen LogP contribution >= 0.6 is 19.3 Å². The number of hydrogen-bond acceptors (Lipinski definition) is 10. The standard InChI is InChI=1S/C21H28ClN6O9P/c1-4-34-20(31)13(2)26-38(33,37-16-7-5-15(22)6-8-16)35-12-17(14(3)29)36-19(11-24-27-23)28-10-9-18(30)25-21(28)32/h5-10,13-14,17,19,29H,4,11-12H2,1-3H3,(H,26,33)(H,25,30,32)/t13-,14?,17+,19+,38?/m0/s1. The molecule has 2 unspecified atom stereocenters. The maximum Gasteiger partial charge on any atom is 0.459 e. The summed E-state index contributed by atoms with van der Waals surface area (Å²) in [5, 5.41) is 16.6. The van der Waals surface area contributed by atoms with Gasteiger partial charge in [0.1, 0.15) is 24.1 Å². The predicted octanol–water partition coefficient (Wildman–Crippen LogP) is 2.51. The number of ether oxygens (including phenoxy) is 2. The molecule has 5 atom stereocenters. The Labute approximate surface area is 221 Å². The second-order valence-electron chi connectivity index (χ2n) is 7.74. The number of halogens is 1. The average Bonchev–Trinajstić information content (AvgIpc) is 2.85. The number of aromatic amines is 1. The molecule has 15 nitrogen and oxygen atoms in total. The van der Waals surface area contributed by atoms with E-state index >= 15 is 0 Å². The lowest BCUT2D eigenvalue weighted by Crippen LogP contribution is -2.40. The molecule has 0 aliphatic rings. The lowest BCUT2D eigenvalue weighted by atomic mass is 10.2. The van der Waals surface area contributed by atoms with E-state index in [1.165, 1.54) is 38.1 Å². The molecule has 0 saturated carbocycles. The van der Waals surface area contributed by atoms with Gasteiger partial charge in [-0.05, 0) is 50.6 Å². The first-order valence-electron chi connectivity index (χ1n) is 11.3. The molecule has 0 fully saturated rings. The van der Waals surface area contributed by atoms with Gasteiger partial charge in [0, 0.05) is 22.2 Å². The SMILES string of the molecule is CCOC(=O)[C@H](C)NP(=O)(OC[C@@H](O[C@H](CN=[N+]=[N-])n1ccc(=O)[nH]c1=O)C(C)O)Oc1ccc(Cl)cc1. The van der Waals surface area contributed by atoms with Crippen LogP contribution in [0, 0.1) is 0 Å². The summed E-state index contributed by atoms with van der Waals surface area (Å²) >= 11 is 5.89. The first-order valence-corrected chi connectivity index (χ1v) is 13.2. The maximum absolute atomic E-state index is 13.6. The molecule has 2 aromatic rings. The van der Waals surface area contributed by atoms with Gasteiger partial charge in [-0.15, -0.1) is 0 Å². The Hall–Kier alpha value is -3.16. The van der Waals surface area contributed by atoms with E-state index in [-0.39, 0.29) is 12.4 Å². The molecule has 0 aliphatic carbocycles. The van der Waals surface area contributed by atoms with Crippen LogP contribution in [0.1, 0.15) is 27.0 Å². The van der Waals surface area contributed by atoms with Crippen molar-refractivity contribution >= 4 is 25.3 Å². The average molecular weight is 575 g/mol. The van der Waals surface area contributed by atoms with Crippen LogP contribution in [0.25, 0.3) is 10.4 Å². The van der Waals surface area contributed by atoms with Crippen LogP contribution in [0.3, 0.4) is 0 Å². The van der Waals surface area contributed by atoms with Gasteiger partial charge in [-0.3, -0.25) is 23.7 Å². The van der Waals surface area contributed by atoms with Crippen molar-refractivity contribution in [2.75, 3.05) is 19.8 Å². The fraction of sp³-hybridized carbons (Fsp3) is 0.476. The first-order chi connectivity index (χ1) is 18.0. The molecule has 1 aromatic heterocycles. The van der Waals surface area contributed by atoms with Crippen molar-refractivity contribution in [1.82, 2.24) is 14.6 Å². The molecule has 0 bridgehead atoms. The molecule has 0 aliphatic heterocycles. The summed E-state index contributed by atoms with van der Waals surface area (Å²) < 4.78 is 36.3. The van der Waals surface area contributed by atoms with Crippen molar-refractivity contribution in [2.24, 2.45) is 5.11 Å². The molecule has 0 radical (unpaired) electrons.